The molecule has 20 heavy (non-hydrogen) atoms. The van der Waals surface area contributed by atoms with Gasteiger partial charge < -0.3 is 0 Å². The molecule has 0 fully saturated rings. The average Bonchev–Trinajstić information content (AvgIpc) is 2.41. The maximum Gasteiger partial charge on any atom is 0.281 e. The van der Waals surface area contributed by atoms with E-state index in [9.17, 15) is 14.5 Å². The van der Waals surface area contributed by atoms with Gasteiger partial charge in [0.05, 0.1) is 16.8 Å². The summed E-state index contributed by atoms with van der Waals surface area (Å²) in [7, 11) is 0. The minimum Gasteiger partial charge on any atom is -0.278 e. The zero-order valence-electron chi connectivity index (χ0n) is 10.7. The lowest BCUT2D eigenvalue weighted by Gasteiger charge is -2.02. The van der Waals surface area contributed by atoms with E-state index in [2.05, 4.69) is 10.5 Å². The quantitative estimate of drug-likeness (QED) is 0.526. The monoisotopic (exact) mass is 273 g/mol. The third-order valence-corrected chi connectivity index (χ3v) is 2.61. The van der Waals surface area contributed by atoms with Crippen LogP contribution >= 0.6 is 0 Å². The van der Waals surface area contributed by atoms with Crippen molar-refractivity contribution in [3.63, 3.8) is 0 Å². The molecule has 0 radical (unpaired) electrons. The normalized spacial score (nSPS) is 10.7. The third kappa shape index (κ3) is 3.17. The molecule has 0 saturated heterocycles. The van der Waals surface area contributed by atoms with Crippen LogP contribution in [0.25, 0.3) is 0 Å². The van der Waals surface area contributed by atoms with Gasteiger partial charge in [-0.15, -0.1) is 0 Å². The number of anilines is 1. The highest BCUT2D eigenvalue weighted by atomic mass is 19.1. The predicted molar refractivity (Wildman–Crippen MR) is 75.5 cm³/mol. The first-order chi connectivity index (χ1) is 9.58. The van der Waals surface area contributed by atoms with Gasteiger partial charge in [-0.2, -0.15) is 5.10 Å². The number of para-hydroxylation sites is 1. The maximum atomic E-state index is 13.8. The van der Waals surface area contributed by atoms with Crippen molar-refractivity contribution in [2.45, 2.75) is 6.92 Å². The van der Waals surface area contributed by atoms with Gasteiger partial charge in [-0.05, 0) is 30.7 Å². The molecule has 0 unspecified atom stereocenters. The van der Waals surface area contributed by atoms with E-state index in [1.807, 2.05) is 18.2 Å². The van der Waals surface area contributed by atoms with E-state index in [1.54, 1.807) is 19.1 Å². The van der Waals surface area contributed by atoms with Crippen LogP contribution in [0.3, 0.4) is 0 Å². The summed E-state index contributed by atoms with van der Waals surface area (Å²) in [4.78, 5) is 10.3. The number of hydrazone groups is 1. The Morgan fingerprint density at radius 2 is 2.00 bits per heavy atom. The molecule has 2 aromatic rings. The number of halogens is 1. The van der Waals surface area contributed by atoms with Crippen LogP contribution in [-0.4, -0.2) is 11.1 Å². The van der Waals surface area contributed by atoms with E-state index in [4.69, 9.17) is 0 Å². The number of nitrogens with zero attached hydrogens (tertiary/aromatic N) is 2. The van der Waals surface area contributed by atoms with Crippen molar-refractivity contribution in [1.29, 1.82) is 0 Å². The number of nitrogens with one attached hydrogen (secondary N) is 1. The van der Waals surface area contributed by atoms with Crippen molar-refractivity contribution in [3.8, 4) is 0 Å². The Morgan fingerprint density at radius 3 is 2.65 bits per heavy atom. The zero-order chi connectivity index (χ0) is 14.5. The highest BCUT2D eigenvalue weighted by molar-refractivity contribution is 5.86. The van der Waals surface area contributed by atoms with Crippen LogP contribution in [0.2, 0.25) is 0 Å². The van der Waals surface area contributed by atoms with Gasteiger partial charge in [0.1, 0.15) is 11.4 Å². The van der Waals surface area contributed by atoms with Gasteiger partial charge in [-0.25, -0.2) is 4.39 Å². The Bertz CT molecular complexity index is 657. The lowest BCUT2D eigenvalue weighted by molar-refractivity contribution is -0.385. The molecule has 102 valence electrons. The number of nitro benzene ring substituents is 1. The summed E-state index contributed by atoms with van der Waals surface area (Å²) in [6.07, 6.45) is 1.11. The van der Waals surface area contributed by atoms with Crippen molar-refractivity contribution in [3.05, 3.63) is 69.5 Å². The summed E-state index contributed by atoms with van der Waals surface area (Å²) >= 11 is 0. The molecule has 0 aromatic heterocycles. The summed E-state index contributed by atoms with van der Waals surface area (Å²) < 4.78 is 13.8. The third-order valence-electron chi connectivity index (χ3n) is 2.61. The van der Waals surface area contributed by atoms with Crippen LogP contribution in [-0.2, 0) is 0 Å². The molecule has 0 atom stereocenters. The molecule has 6 heteroatoms. The minimum absolute atomic E-state index is 0.149. The molecular formula is C14H12FN3O2. The highest BCUT2D eigenvalue weighted by Crippen LogP contribution is 2.22. The average molecular weight is 273 g/mol. The molecule has 0 bridgehead atoms. The largest absolute Gasteiger partial charge is 0.281 e. The number of hydrogen-bond acceptors (Lipinski definition) is 4. The summed E-state index contributed by atoms with van der Waals surface area (Å²) in [5, 5.41) is 14.7. The van der Waals surface area contributed by atoms with Gasteiger partial charge in [-0.3, -0.25) is 15.5 Å². The molecule has 0 amide bonds. The minimum atomic E-state index is -0.671. The van der Waals surface area contributed by atoms with Crippen LogP contribution < -0.4 is 5.43 Å². The van der Waals surface area contributed by atoms with E-state index in [1.165, 1.54) is 12.1 Å². The number of hydrogen-bond donors (Lipinski definition) is 1. The summed E-state index contributed by atoms with van der Waals surface area (Å²) in [5.41, 5.74) is 3.42. The van der Waals surface area contributed by atoms with Gasteiger partial charge in [0.15, 0.2) is 0 Å². The lowest BCUT2D eigenvalue weighted by atomic mass is 10.1. The van der Waals surface area contributed by atoms with Gasteiger partial charge in [-0.1, -0.05) is 18.2 Å². The van der Waals surface area contributed by atoms with Crippen LogP contribution in [0.15, 0.2) is 47.6 Å². The number of benzene rings is 2. The molecule has 0 aliphatic heterocycles. The summed E-state index contributed by atoms with van der Waals surface area (Å²) in [6, 6.07) is 11.6. The summed E-state index contributed by atoms with van der Waals surface area (Å²) in [5.74, 6) is -0.671. The predicted octanol–water partition coefficient (Wildman–Crippen LogP) is 3.49. The fraction of sp³-hybridized carbons (Fsp3) is 0.0714. The van der Waals surface area contributed by atoms with E-state index >= 15 is 0 Å². The van der Waals surface area contributed by atoms with Crippen LogP contribution in [0.4, 0.5) is 15.8 Å². The number of aryl methyl sites for hydroxylation is 1. The molecule has 0 heterocycles. The number of nitro groups is 1. The van der Waals surface area contributed by atoms with Crippen LogP contribution in [0.5, 0.6) is 0 Å². The molecular weight excluding hydrogens is 261 g/mol. The first kappa shape index (κ1) is 13.7. The second-order valence-corrected chi connectivity index (χ2v) is 4.17. The van der Waals surface area contributed by atoms with Crippen molar-refractivity contribution < 1.29 is 9.31 Å². The standard InChI is InChI=1S/C14H12FN3O2/c1-10-7-13(15)12(14(8-10)18(19)20)9-16-17-11-5-3-2-4-6-11/h2-9,17H,1H3. The van der Waals surface area contributed by atoms with Crippen LogP contribution in [0, 0.1) is 22.9 Å². The van der Waals surface area contributed by atoms with Crippen molar-refractivity contribution in [1.82, 2.24) is 0 Å². The SMILES string of the molecule is Cc1cc(F)c(C=NNc2ccccc2)c([N+](=O)[O-])c1. The molecule has 5 nitrogen and oxygen atoms in total. The first-order valence-corrected chi connectivity index (χ1v) is 5.86. The van der Waals surface area contributed by atoms with Crippen molar-refractivity contribution in [2.75, 3.05) is 5.43 Å². The smallest absolute Gasteiger partial charge is 0.278 e. The van der Waals surface area contributed by atoms with E-state index in [0.29, 0.717) is 11.3 Å². The highest BCUT2D eigenvalue weighted by Gasteiger charge is 2.17. The Hall–Kier alpha value is -2.76. The van der Waals surface area contributed by atoms with Crippen molar-refractivity contribution >= 4 is 17.6 Å². The van der Waals surface area contributed by atoms with E-state index in [0.717, 1.165) is 6.21 Å². The van der Waals surface area contributed by atoms with Crippen molar-refractivity contribution in [2.24, 2.45) is 5.10 Å². The molecule has 2 aromatic carbocycles. The number of rotatable bonds is 4. The second kappa shape index (κ2) is 5.92. The lowest BCUT2D eigenvalue weighted by Crippen LogP contribution is -2.00. The van der Waals surface area contributed by atoms with E-state index in [-0.39, 0.29) is 11.3 Å². The summed E-state index contributed by atoms with van der Waals surface area (Å²) in [6.45, 7) is 1.60. The Morgan fingerprint density at radius 1 is 1.30 bits per heavy atom. The molecule has 2 rings (SSSR count). The molecule has 0 aliphatic rings. The fourth-order valence-corrected chi connectivity index (χ4v) is 1.70. The zero-order valence-corrected chi connectivity index (χ0v) is 10.7. The van der Waals surface area contributed by atoms with Gasteiger partial charge in [0, 0.05) is 6.07 Å². The van der Waals surface area contributed by atoms with Gasteiger partial charge >= 0.3 is 0 Å². The molecule has 0 aliphatic carbocycles. The molecule has 0 spiro atoms. The Labute approximate surface area is 114 Å². The maximum absolute atomic E-state index is 13.8. The Balaban J connectivity index is 2.27. The second-order valence-electron chi connectivity index (χ2n) is 4.17. The van der Waals surface area contributed by atoms with Gasteiger partial charge in [0.2, 0.25) is 0 Å². The van der Waals surface area contributed by atoms with Crippen LogP contribution in [0.1, 0.15) is 11.1 Å². The fourth-order valence-electron chi connectivity index (χ4n) is 1.70. The Kier molecular flexibility index (Phi) is 4.05. The molecule has 0 saturated carbocycles. The molecule has 1 N–H and O–H groups in total. The topological polar surface area (TPSA) is 67.5 Å². The van der Waals surface area contributed by atoms with E-state index < -0.39 is 10.7 Å². The first-order valence-electron chi connectivity index (χ1n) is 5.86. The van der Waals surface area contributed by atoms with Gasteiger partial charge in [0.25, 0.3) is 5.69 Å².